The molecule has 0 saturated heterocycles. The Hall–Kier alpha value is -3.31. The second-order valence-electron chi connectivity index (χ2n) is 7.82. The Kier molecular flexibility index (Phi) is 6.37. The number of imidazole rings is 1. The summed E-state index contributed by atoms with van der Waals surface area (Å²) in [4.78, 5) is 17.5. The minimum atomic E-state index is -0.978. The van der Waals surface area contributed by atoms with Gasteiger partial charge in [0.05, 0.1) is 29.3 Å². The summed E-state index contributed by atoms with van der Waals surface area (Å²) in [6.45, 7) is 4.95. The molecule has 31 heavy (non-hydrogen) atoms. The van der Waals surface area contributed by atoms with Crippen LogP contribution in [0.5, 0.6) is 5.75 Å². The molecule has 0 aliphatic carbocycles. The second kappa shape index (κ2) is 8.82. The van der Waals surface area contributed by atoms with Crippen LogP contribution >= 0.6 is 0 Å². The van der Waals surface area contributed by atoms with Crippen LogP contribution in [0.4, 0.5) is 8.78 Å². The molecule has 1 atom stereocenters. The number of benzene rings is 1. The van der Waals surface area contributed by atoms with Gasteiger partial charge >= 0.3 is 0 Å². The zero-order chi connectivity index (χ0) is 22.8. The number of halogens is 2. The number of methoxy groups -OCH3 is 1. The van der Waals surface area contributed by atoms with E-state index < -0.39 is 17.0 Å². The number of carbonyl (C=O) groups excluding carboxylic acids is 1. The van der Waals surface area contributed by atoms with Gasteiger partial charge in [-0.15, -0.1) is 0 Å². The molecule has 0 spiro atoms. The summed E-state index contributed by atoms with van der Waals surface area (Å²) in [6.07, 6.45) is 1.69. The van der Waals surface area contributed by atoms with Gasteiger partial charge in [-0.1, -0.05) is 6.07 Å². The molecule has 0 bridgehead atoms. The van der Waals surface area contributed by atoms with Gasteiger partial charge in [0.2, 0.25) is 0 Å². The summed E-state index contributed by atoms with van der Waals surface area (Å²) < 4.78 is 40.3. The minimum Gasteiger partial charge on any atom is -0.485 e. The maximum Gasteiger partial charge on any atom is 0.183 e. The molecule has 162 valence electrons. The lowest BCUT2D eigenvalue weighted by atomic mass is 9.86. The lowest BCUT2D eigenvalue weighted by Gasteiger charge is -2.19. The zero-order valence-corrected chi connectivity index (χ0v) is 17.8. The van der Waals surface area contributed by atoms with Crippen molar-refractivity contribution in [3.63, 3.8) is 0 Å². The van der Waals surface area contributed by atoms with Gasteiger partial charge in [-0.25, -0.2) is 13.8 Å². The van der Waals surface area contributed by atoms with E-state index in [2.05, 4.69) is 11.1 Å². The molecule has 0 saturated carbocycles. The number of hydrogen-bond donors (Lipinski definition) is 0. The first-order valence-corrected chi connectivity index (χ1v) is 9.67. The fourth-order valence-electron chi connectivity index (χ4n) is 3.50. The molecule has 2 heterocycles. The van der Waals surface area contributed by atoms with E-state index >= 15 is 0 Å². The zero-order valence-electron chi connectivity index (χ0n) is 17.8. The van der Waals surface area contributed by atoms with Gasteiger partial charge in [-0.2, -0.15) is 5.26 Å². The first-order chi connectivity index (χ1) is 14.7. The fraction of sp³-hybridized carbons (Fsp3) is 0.348. The van der Waals surface area contributed by atoms with Crippen LogP contribution in [0.3, 0.4) is 0 Å². The van der Waals surface area contributed by atoms with Crippen molar-refractivity contribution >= 4 is 11.4 Å². The molecule has 1 unspecified atom stereocenters. The van der Waals surface area contributed by atoms with Crippen molar-refractivity contribution in [2.75, 3.05) is 13.7 Å². The molecule has 0 aliphatic rings. The van der Waals surface area contributed by atoms with Crippen molar-refractivity contribution in [2.45, 2.75) is 33.8 Å². The van der Waals surface area contributed by atoms with Crippen LogP contribution in [0.2, 0.25) is 0 Å². The average molecular weight is 427 g/mol. The van der Waals surface area contributed by atoms with Crippen LogP contribution in [-0.4, -0.2) is 28.9 Å². The Bertz CT molecular complexity index is 1160. The summed E-state index contributed by atoms with van der Waals surface area (Å²) in [7, 11) is 1.48. The quantitative estimate of drug-likeness (QED) is 0.493. The molecular formula is C23H23F2N3O3. The highest BCUT2D eigenvalue weighted by Gasteiger charge is 2.31. The number of Topliss-reactive ketones (excluding diaryl/α,β-unsaturated/α-hetero) is 1. The van der Waals surface area contributed by atoms with E-state index in [0.29, 0.717) is 22.8 Å². The van der Waals surface area contributed by atoms with E-state index in [1.165, 1.54) is 13.2 Å². The third-order valence-electron chi connectivity index (χ3n) is 4.98. The first kappa shape index (κ1) is 22.4. The molecule has 8 heteroatoms. The largest absolute Gasteiger partial charge is 0.485 e. The summed E-state index contributed by atoms with van der Waals surface area (Å²) in [6, 6.07) is 7.44. The number of hydrogen-bond acceptors (Lipinski definition) is 5. The second-order valence-corrected chi connectivity index (χ2v) is 7.82. The number of pyridine rings is 1. The van der Waals surface area contributed by atoms with Gasteiger partial charge in [0, 0.05) is 19.7 Å². The van der Waals surface area contributed by atoms with Gasteiger partial charge in [0.15, 0.2) is 17.2 Å². The van der Waals surface area contributed by atoms with E-state index in [9.17, 15) is 18.8 Å². The average Bonchev–Trinajstić information content (AvgIpc) is 3.03. The standard InChI is InChI=1S/C23H23F2N3O3/c1-14-8-20(31-11-16-17(24)6-5-7-18(16)25)22-27-15(2)21(28(22)10-14)19(29)9-23(3,12-26)13-30-4/h5-8,10H,9,11,13H2,1-4H3. The number of ether oxygens (including phenoxy) is 2. The lowest BCUT2D eigenvalue weighted by molar-refractivity contribution is 0.0836. The number of fused-ring (bicyclic) bond motifs is 1. The smallest absolute Gasteiger partial charge is 0.183 e. The predicted molar refractivity (Wildman–Crippen MR) is 110 cm³/mol. The van der Waals surface area contributed by atoms with Gasteiger partial charge in [0.1, 0.15) is 23.9 Å². The number of rotatable bonds is 8. The Morgan fingerprint density at radius 3 is 2.58 bits per heavy atom. The molecule has 1 aromatic carbocycles. The maximum absolute atomic E-state index is 14.0. The van der Waals surface area contributed by atoms with Crippen LogP contribution < -0.4 is 4.74 Å². The number of nitriles is 1. The van der Waals surface area contributed by atoms with Gasteiger partial charge in [-0.05, 0) is 44.5 Å². The van der Waals surface area contributed by atoms with Crippen LogP contribution in [0, 0.1) is 42.2 Å². The van der Waals surface area contributed by atoms with E-state index in [1.807, 2.05) is 6.92 Å². The monoisotopic (exact) mass is 427 g/mol. The number of nitrogens with zero attached hydrogens (tertiary/aromatic N) is 3. The minimum absolute atomic E-state index is 0.0451. The van der Waals surface area contributed by atoms with Gasteiger partial charge < -0.3 is 9.47 Å². The topological polar surface area (TPSA) is 76.6 Å². The first-order valence-electron chi connectivity index (χ1n) is 9.67. The van der Waals surface area contributed by atoms with E-state index in [1.54, 1.807) is 30.5 Å². The summed E-state index contributed by atoms with van der Waals surface area (Å²) in [5.74, 6) is -1.37. The summed E-state index contributed by atoms with van der Waals surface area (Å²) in [5.41, 5.74) is 0.754. The Morgan fingerprint density at radius 2 is 1.97 bits per heavy atom. The molecule has 0 fully saturated rings. The Labute approximate surface area is 179 Å². The molecule has 2 aromatic heterocycles. The van der Waals surface area contributed by atoms with E-state index in [4.69, 9.17) is 9.47 Å². The Balaban J connectivity index is 1.98. The predicted octanol–water partition coefficient (Wildman–Crippen LogP) is 4.56. The lowest BCUT2D eigenvalue weighted by Crippen LogP contribution is -2.25. The molecular weight excluding hydrogens is 404 g/mol. The highest BCUT2D eigenvalue weighted by Crippen LogP contribution is 2.29. The van der Waals surface area contributed by atoms with Crippen LogP contribution in [0.25, 0.3) is 5.65 Å². The van der Waals surface area contributed by atoms with Crippen molar-refractivity contribution in [1.29, 1.82) is 5.26 Å². The van der Waals surface area contributed by atoms with Crippen LogP contribution in [0.15, 0.2) is 30.5 Å². The highest BCUT2D eigenvalue weighted by molar-refractivity contribution is 5.97. The molecule has 3 aromatic rings. The van der Waals surface area contributed by atoms with Crippen molar-refractivity contribution < 1.29 is 23.0 Å². The highest BCUT2D eigenvalue weighted by atomic mass is 19.1. The third-order valence-corrected chi connectivity index (χ3v) is 4.98. The molecule has 0 N–H and O–H groups in total. The normalized spacial score (nSPS) is 13.1. The van der Waals surface area contributed by atoms with Crippen molar-refractivity contribution in [3.8, 4) is 11.8 Å². The fourth-order valence-corrected chi connectivity index (χ4v) is 3.50. The van der Waals surface area contributed by atoms with Gasteiger partial charge in [0.25, 0.3) is 0 Å². The Morgan fingerprint density at radius 1 is 1.29 bits per heavy atom. The molecule has 0 aliphatic heterocycles. The molecule has 3 rings (SSSR count). The number of carbonyl (C=O) groups is 1. The van der Waals surface area contributed by atoms with Crippen LogP contribution in [-0.2, 0) is 11.3 Å². The maximum atomic E-state index is 14.0. The van der Waals surface area contributed by atoms with Gasteiger partial charge in [-0.3, -0.25) is 9.20 Å². The number of aryl methyl sites for hydroxylation is 2. The van der Waals surface area contributed by atoms with E-state index in [-0.39, 0.29) is 31.0 Å². The third kappa shape index (κ3) is 4.57. The summed E-state index contributed by atoms with van der Waals surface area (Å²) >= 11 is 0. The van der Waals surface area contributed by atoms with Crippen LogP contribution in [0.1, 0.15) is 40.7 Å². The van der Waals surface area contributed by atoms with Crippen molar-refractivity contribution in [1.82, 2.24) is 9.38 Å². The molecule has 0 amide bonds. The van der Waals surface area contributed by atoms with Crippen molar-refractivity contribution in [3.05, 3.63) is 64.6 Å². The molecule has 0 radical (unpaired) electrons. The number of ketones is 1. The number of aromatic nitrogens is 2. The van der Waals surface area contributed by atoms with E-state index in [0.717, 1.165) is 17.7 Å². The SMILES string of the molecule is COCC(C)(C#N)CC(=O)c1c(C)nc2c(OCc3c(F)cccc3F)cc(C)cn12. The summed E-state index contributed by atoms with van der Waals surface area (Å²) in [5, 5.41) is 9.47. The van der Waals surface area contributed by atoms with Crippen molar-refractivity contribution in [2.24, 2.45) is 5.41 Å². The molecule has 6 nitrogen and oxygen atoms in total.